The number of aromatic nitrogens is 2. The van der Waals surface area contributed by atoms with Crippen LogP contribution < -0.4 is 15.0 Å². The van der Waals surface area contributed by atoms with Gasteiger partial charge >= 0.3 is 0 Å². The highest BCUT2D eigenvalue weighted by Crippen LogP contribution is 2.21. The standard InChI is InChI=1S/C17H24N4O3S/c1-5-23-14-8-6-13(7-9-14)16-19-21(17(25)24-16)11-20(4)10-15(22)18-12(2)3/h6-9,12H,5,10-11H2,1-4H3,(H,18,22)/p+1. The number of carbonyl (C=O) groups excluding carboxylic acids is 1. The number of benzene rings is 1. The van der Waals surface area contributed by atoms with Crippen LogP contribution in [0.4, 0.5) is 0 Å². The molecule has 0 fully saturated rings. The zero-order chi connectivity index (χ0) is 18.4. The van der Waals surface area contributed by atoms with E-state index in [-0.39, 0.29) is 16.8 Å². The number of quaternary nitrogens is 1. The Hall–Kier alpha value is -2.19. The van der Waals surface area contributed by atoms with Crippen molar-refractivity contribution < 1.29 is 18.8 Å². The molecule has 0 spiro atoms. The molecule has 136 valence electrons. The van der Waals surface area contributed by atoms with Gasteiger partial charge in [0, 0.05) is 11.6 Å². The Morgan fingerprint density at radius 3 is 2.68 bits per heavy atom. The van der Waals surface area contributed by atoms with Gasteiger partial charge in [0.2, 0.25) is 5.89 Å². The lowest BCUT2D eigenvalue weighted by atomic mass is 10.2. The van der Waals surface area contributed by atoms with Gasteiger partial charge in [0.05, 0.1) is 13.7 Å². The summed E-state index contributed by atoms with van der Waals surface area (Å²) in [6, 6.07) is 7.61. The molecule has 0 aliphatic rings. The fourth-order valence-electron chi connectivity index (χ4n) is 2.34. The smallest absolute Gasteiger partial charge is 0.292 e. The molecule has 2 N–H and O–H groups in total. The highest BCUT2D eigenvalue weighted by Gasteiger charge is 2.15. The van der Waals surface area contributed by atoms with E-state index in [1.807, 2.05) is 52.1 Å². The molecule has 1 unspecified atom stereocenters. The molecule has 0 saturated heterocycles. The number of ether oxygens (including phenoxy) is 1. The van der Waals surface area contributed by atoms with Gasteiger partial charge in [-0.2, -0.15) is 4.68 Å². The second-order valence-corrected chi connectivity index (χ2v) is 6.49. The van der Waals surface area contributed by atoms with Crippen LogP contribution in [0, 0.1) is 4.84 Å². The zero-order valence-corrected chi connectivity index (χ0v) is 15.9. The van der Waals surface area contributed by atoms with E-state index >= 15 is 0 Å². The van der Waals surface area contributed by atoms with E-state index in [4.69, 9.17) is 21.4 Å². The van der Waals surface area contributed by atoms with Gasteiger partial charge in [0.25, 0.3) is 10.7 Å². The molecule has 0 radical (unpaired) electrons. The molecule has 2 rings (SSSR count). The summed E-state index contributed by atoms with van der Waals surface area (Å²) < 4.78 is 12.6. The lowest BCUT2D eigenvalue weighted by molar-refractivity contribution is -0.895. The monoisotopic (exact) mass is 365 g/mol. The van der Waals surface area contributed by atoms with Gasteiger partial charge in [-0.1, -0.05) is 0 Å². The molecular weight excluding hydrogens is 340 g/mol. The average Bonchev–Trinajstić information content (AvgIpc) is 2.88. The maximum Gasteiger partial charge on any atom is 0.292 e. The molecule has 25 heavy (non-hydrogen) atoms. The molecule has 1 aromatic carbocycles. The van der Waals surface area contributed by atoms with Gasteiger partial charge in [0.15, 0.2) is 13.2 Å². The average molecular weight is 365 g/mol. The van der Waals surface area contributed by atoms with E-state index in [0.717, 1.165) is 16.2 Å². The minimum Gasteiger partial charge on any atom is -0.494 e. The minimum absolute atomic E-state index is 0.00532. The Morgan fingerprint density at radius 1 is 1.40 bits per heavy atom. The molecule has 7 nitrogen and oxygen atoms in total. The van der Waals surface area contributed by atoms with Gasteiger partial charge < -0.3 is 19.4 Å². The van der Waals surface area contributed by atoms with E-state index in [0.29, 0.717) is 25.7 Å². The number of hydrogen-bond donors (Lipinski definition) is 2. The van der Waals surface area contributed by atoms with Crippen molar-refractivity contribution in [3.8, 4) is 17.2 Å². The minimum atomic E-state index is -0.00532. The number of likely N-dealkylation sites (N-methyl/N-ethyl adjacent to an activating group) is 1. The van der Waals surface area contributed by atoms with Gasteiger partial charge in [-0.05, 0) is 57.3 Å². The number of hydrogen-bond acceptors (Lipinski definition) is 5. The van der Waals surface area contributed by atoms with E-state index < -0.39 is 0 Å². The maximum atomic E-state index is 11.8. The van der Waals surface area contributed by atoms with Crippen LogP contribution in [0.15, 0.2) is 28.7 Å². The summed E-state index contributed by atoms with van der Waals surface area (Å²) in [5.74, 6) is 1.24. The van der Waals surface area contributed by atoms with Crippen LogP contribution in [0.3, 0.4) is 0 Å². The molecule has 0 bridgehead atoms. The fourth-order valence-corrected chi connectivity index (χ4v) is 2.53. The summed E-state index contributed by atoms with van der Waals surface area (Å²) >= 11 is 5.24. The lowest BCUT2D eigenvalue weighted by Crippen LogP contribution is -3.09. The van der Waals surface area contributed by atoms with Crippen molar-refractivity contribution in [3.05, 3.63) is 29.1 Å². The van der Waals surface area contributed by atoms with Crippen LogP contribution in [0.5, 0.6) is 5.75 Å². The first-order valence-electron chi connectivity index (χ1n) is 8.31. The van der Waals surface area contributed by atoms with Crippen LogP contribution in [0.25, 0.3) is 11.5 Å². The van der Waals surface area contributed by atoms with Crippen LogP contribution in [0.1, 0.15) is 20.8 Å². The number of rotatable bonds is 8. The topological polar surface area (TPSA) is 73.7 Å². The number of carbonyl (C=O) groups is 1. The van der Waals surface area contributed by atoms with E-state index in [1.165, 1.54) is 0 Å². The third-order valence-electron chi connectivity index (χ3n) is 3.35. The van der Waals surface area contributed by atoms with Crippen LogP contribution >= 0.6 is 12.2 Å². The van der Waals surface area contributed by atoms with E-state index in [9.17, 15) is 4.79 Å². The van der Waals surface area contributed by atoms with Gasteiger partial charge in [-0.15, -0.1) is 5.10 Å². The molecule has 0 aliphatic heterocycles. The van der Waals surface area contributed by atoms with Gasteiger partial charge in [-0.25, -0.2) is 0 Å². The molecule has 1 heterocycles. The zero-order valence-electron chi connectivity index (χ0n) is 15.0. The SMILES string of the molecule is CCOc1ccc(-c2nn(C[NH+](C)CC(=O)NC(C)C)c(=S)o2)cc1. The molecule has 0 saturated carbocycles. The third kappa shape index (κ3) is 5.68. The van der Waals surface area contributed by atoms with Crippen molar-refractivity contribution in [2.75, 3.05) is 20.2 Å². The third-order valence-corrected chi connectivity index (χ3v) is 3.64. The van der Waals surface area contributed by atoms with Crippen LogP contribution in [0.2, 0.25) is 0 Å². The Balaban J connectivity index is 2.04. The molecule has 0 aliphatic carbocycles. The quantitative estimate of drug-likeness (QED) is 0.689. The summed E-state index contributed by atoms with van der Waals surface area (Å²) in [6.45, 7) is 7.22. The largest absolute Gasteiger partial charge is 0.494 e. The second-order valence-electron chi connectivity index (χ2n) is 6.14. The van der Waals surface area contributed by atoms with Crippen molar-refractivity contribution in [3.63, 3.8) is 0 Å². The number of amides is 1. The molecular formula is C17H25N4O3S+. The van der Waals surface area contributed by atoms with Gasteiger partial charge in [0.1, 0.15) is 5.75 Å². The maximum absolute atomic E-state index is 11.8. The highest BCUT2D eigenvalue weighted by atomic mass is 32.1. The predicted molar refractivity (Wildman–Crippen MR) is 97.0 cm³/mol. The van der Waals surface area contributed by atoms with Crippen molar-refractivity contribution in [2.45, 2.75) is 33.5 Å². The summed E-state index contributed by atoms with van der Waals surface area (Å²) in [5.41, 5.74) is 0.823. The van der Waals surface area contributed by atoms with Gasteiger partial charge in [-0.3, -0.25) is 4.79 Å². The second kappa shape index (κ2) is 8.77. The van der Waals surface area contributed by atoms with Crippen molar-refractivity contribution in [2.24, 2.45) is 0 Å². The highest BCUT2D eigenvalue weighted by molar-refractivity contribution is 7.71. The Morgan fingerprint density at radius 2 is 2.08 bits per heavy atom. The molecule has 2 aromatic rings. The van der Waals surface area contributed by atoms with Crippen molar-refractivity contribution >= 4 is 18.1 Å². The Kier molecular flexibility index (Phi) is 6.72. The lowest BCUT2D eigenvalue weighted by Gasteiger charge is -2.14. The number of nitrogens with one attached hydrogen (secondary N) is 2. The molecule has 1 aromatic heterocycles. The van der Waals surface area contributed by atoms with Crippen molar-refractivity contribution in [1.29, 1.82) is 0 Å². The summed E-state index contributed by atoms with van der Waals surface area (Å²) in [7, 11) is 1.91. The predicted octanol–water partition coefficient (Wildman–Crippen LogP) is 1.27. The summed E-state index contributed by atoms with van der Waals surface area (Å²) in [5, 5.41) is 7.29. The van der Waals surface area contributed by atoms with Crippen LogP contribution in [-0.4, -0.2) is 41.9 Å². The molecule has 1 amide bonds. The summed E-state index contributed by atoms with van der Waals surface area (Å²) in [6.07, 6.45) is 0. The van der Waals surface area contributed by atoms with E-state index in [1.54, 1.807) is 4.68 Å². The summed E-state index contributed by atoms with van der Waals surface area (Å²) in [4.78, 5) is 13.1. The molecule has 8 heteroatoms. The Labute approximate surface area is 152 Å². The first kappa shape index (κ1) is 19.1. The van der Waals surface area contributed by atoms with Crippen LogP contribution in [-0.2, 0) is 11.5 Å². The molecule has 1 atom stereocenters. The first-order valence-corrected chi connectivity index (χ1v) is 8.71. The normalized spacial score (nSPS) is 12.2. The van der Waals surface area contributed by atoms with E-state index in [2.05, 4.69) is 10.4 Å². The Bertz CT molecular complexity index is 752. The fraction of sp³-hybridized carbons (Fsp3) is 0.471. The number of nitrogens with zero attached hydrogens (tertiary/aromatic N) is 2. The van der Waals surface area contributed by atoms with Crippen molar-refractivity contribution in [1.82, 2.24) is 15.1 Å². The first-order chi connectivity index (χ1) is 11.9.